The van der Waals surface area contributed by atoms with E-state index in [2.05, 4.69) is 12.8 Å². The van der Waals surface area contributed by atoms with E-state index in [0.717, 1.165) is 5.92 Å². The molecule has 110 valence electrons. The lowest BCUT2D eigenvalue weighted by molar-refractivity contribution is 0.0504. The molecule has 0 aromatic heterocycles. The van der Waals surface area contributed by atoms with E-state index >= 15 is 0 Å². The molecule has 0 heterocycles. The Kier molecular flexibility index (Phi) is 9.91. The maximum absolute atomic E-state index is 5.83. The summed E-state index contributed by atoms with van der Waals surface area (Å²) in [6.45, 7) is 2.86. The molecule has 1 rings (SSSR count). The second-order valence-corrected chi connectivity index (χ2v) is 6.24. The molecule has 0 N–H and O–H groups in total. The van der Waals surface area contributed by atoms with Gasteiger partial charge in [-0.3, -0.25) is 0 Å². The molecule has 0 aliphatic heterocycles. The van der Waals surface area contributed by atoms with Crippen LogP contribution < -0.4 is 0 Å². The zero-order chi connectivity index (χ0) is 13.8. The molecule has 2 atom stereocenters. The molecule has 0 amide bonds. The summed E-state index contributed by atoms with van der Waals surface area (Å²) in [7, 11) is 0. The molecule has 0 radical (unpaired) electrons. The van der Waals surface area contributed by atoms with Gasteiger partial charge in [0.2, 0.25) is 0 Å². The molecule has 0 spiro atoms. The monoisotopic (exact) mass is 264 g/mol. The fourth-order valence-corrected chi connectivity index (χ4v) is 3.10. The van der Waals surface area contributed by atoms with Crippen LogP contribution >= 0.6 is 0 Å². The van der Waals surface area contributed by atoms with Gasteiger partial charge in [-0.25, -0.2) is 0 Å². The van der Waals surface area contributed by atoms with Crippen LogP contribution in [0.25, 0.3) is 0 Å². The third-order valence-corrected chi connectivity index (χ3v) is 4.29. The van der Waals surface area contributed by atoms with Crippen molar-refractivity contribution in [2.45, 2.75) is 90.1 Å². The van der Waals surface area contributed by atoms with Gasteiger partial charge < -0.3 is 4.74 Å². The molecule has 1 aliphatic carbocycles. The summed E-state index contributed by atoms with van der Waals surface area (Å²) in [6.07, 6.45) is 22.1. The Morgan fingerprint density at radius 3 is 2.00 bits per heavy atom. The van der Waals surface area contributed by atoms with Gasteiger partial charge in [-0.1, -0.05) is 77.1 Å². The average molecular weight is 264 g/mol. The highest BCUT2D eigenvalue weighted by molar-refractivity contribution is 4.83. The summed E-state index contributed by atoms with van der Waals surface area (Å²) in [5, 5.41) is 0. The lowest BCUT2D eigenvalue weighted by Gasteiger charge is -2.21. The van der Waals surface area contributed by atoms with Gasteiger partial charge in [-0.05, 0) is 18.8 Å². The van der Waals surface area contributed by atoms with Gasteiger partial charge in [0.25, 0.3) is 0 Å². The molecular weight excluding hydrogens is 232 g/mol. The van der Waals surface area contributed by atoms with E-state index in [1.807, 2.05) is 0 Å². The van der Waals surface area contributed by atoms with Gasteiger partial charge in [-0.15, -0.1) is 6.42 Å². The average Bonchev–Trinajstić information content (AvgIpc) is 2.41. The summed E-state index contributed by atoms with van der Waals surface area (Å²) in [5.41, 5.74) is 0. The van der Waals surface area contributed by atoms with E-state index in [1.165, 1.54) is 77.0 Å². The Morgan fingerprint density at radius 1 is 0.895 bits per heavy atom. The molecule has 1 aliphatic rings. The SMILES string of the molecule is C#CCOC1CCCCCCCCCCCC(C)C1. The second-order valence-electron chi connectivity index (χ2n) is 6.24. The number of terminal acetylenes is 1. The first-order valence-corrected chi connectivity index (χ1v) is 8.38. The standard InChI is InChI=1S/C18H32O/c1-3-15-19-18-14-12-10-8-6-4-5-7-9-11-13-17(2)16-18/h1,17-18H,4-16H2,2H3. The zero-order valence-corrected chi connectivity index (χ0v) is 12.8. The first kappa shape index (κ1) is 16.6. The van der Waals surface area contributed by atoms with Crippen molar-refractivity contribution in [3.8, 4) is 12.3 Å². The third-order valence-electron chi connectivity index (χ3n) is 4.29. The summed E-state index contributed by atoms with van der Waals surface area (Å²) >= 11 is 0. The smallest absolute Gasteiger partial charge is 0.107 e. The van der Waals surface area contributed by atoms with Crippen molar-refractivity contribution >= 4 is 0 Å². The van der Waals surface area contributed by atoms with Crippen molar-refractivity contribution in [3.63, 3.8) is 0 Å². The quantitative estimate of drug-likeness (QED) is 0.612. The van der Waals surface area contributed by atoms with Crippen molar-refractivity contribution in [1.29, 1.82) is 0 Å². The summed E-state index contributed by atoms with van der Waals surface area (Å²) in [5.74, 6) is 3.40. The fraction of sp³-hybridized carbons (Fsp3) is 0.889. The first-order chi connectivity index (χ1) is 9.33. The second kappa shape index (κ2) is 11.4. The largest absolute Gasteiger partial charge is 0.366 e. The van der Waals surface area contributed by atoms with Crippen molar-refractivity contribution in [1.82, 2.24) is 0 Å². The minimum atomic E-state index is 0.397. The minimum Gasteiger partial charge on any atom is -0.366 e. The van der Waals surface area contributed by atoms with Gasteiger partial charge in [-0.2, -0.15) is 0 Å². The Morgan fingerprint density at radius 2 is 1.42 bits per heavy atom. The van der Waals surface area contributed by atoms with E-state index in [9.17, 15) is 0 Å². The first-order valence-electron chi connectivity index (χ1n) is 8.38. The van der Waals surface area contributed by atoms with Crippen LogP contribution in [0.4, 0.5) is 0 Å². The van der Waals surface area contributed by atoms with Crippen LogP contribution in [0.3, 0.4) is 0 Å². The van der Waals surface area contributed by atoms with Crippen LogP contribution in [-0.4, -0.2) is 12.7 Å². The van der Waals surface area contributed by atoms with Crippen molar-refractivity contribution in [3.05, 3.63) is 0 Å². The molecule has 1 fully saturated rings. The van der Waals surface area contributed by atoms with E-state index < -0.39 is 0 Å². The normalized spacial score (nSPS) is 28.2. The Labute approximate surface area is 120 Å². The molecule has 1 heteroatoms. The van der Waals surface area contributed by atoms with Crippen molar-refractivity contribution in [2.75, 3.05) is 6.61 Å². The van der Waals surface area contributed by atoms with Gasteiger partial charge in [0, 0.05) is 0 Å². The molecule has 19 heavy (non-hydrogen) atoms. The van der Waals surface area contributed by atoms with Crippen LogP contribution in [0.5, 0.6) is 0 Å². The molecule has 0 saturated heterocycles. The highest BCUT2D eigenvalue weighted by Gasteiger charge is 2.13. The number of hydrogen-bond donors (Lipinski definition) is 0. The molecular formula is C18H32O. The predicted octanol–water partition coefficient (Wildman–Crippen LogP) is 5.34. The zero-order valence-electron chi connectivity index (χ0n) is 12.8. The van der Waals surface area contributed by atoms with Gasteiger partial charge >= 0.3 is 0 Å². The lowest BCUT2D eigenvalue weighted by atomic mass is 9.93. The fourth-order valence-electron chi connectivity index (χ4n) is 3.10. The Bertz CT molecular complexity index is 241. The van der Waals surface area contributed by atoms with Crippen molar-refractivity contribution < 1.29 is 4.74 Å². The molecule has 2 unspecified atom stereocenters. The van der Waals surface area contributed by atoms with Gasteiger partial charge in [0.15, 0.2) is 0 Å². The number of hydrogen-bond acceptors (Lipinski definition) is 1. The van der Waals surface area contributed by atoms with Crippen LogP contribution in [0, 0.1) is 18.3 Å². The van der Waals surface area contributed by atoms with Crippen LogP contribution in [0.15, 0.2) is 0 Å². The molecule has 0 aromatic rings. The Balaban J connectivity index is 2.34. The van der Waals surface area contributed by atoms with Gasteiger partial charge in [0.1, 0.15) is 6.61 Å². The van der Waals surface area contributed by atoms with E-state index in [1.54, 1.807) is 0 Å². The maximum atomic E-state index is 5.83. The van der Waals surface area contributed by atoms with Crippen LogP contribution in [0.1, 0.15) is 84.0 Å². The predicted molar refractivity (Wildman–Crippen MR) is 83.1 cm³/mol. The maximum Gasteiger partial charge on any atom is 0.107 e. The summed E-state index contributed by atoms with van der Waals surface area (Å²) < 4.78 is 5.83. The number of rotatable bonds is 2. The summed E-state index contributed by atoms with van der Waals surface area (Å²) in [4.78, 5) is 0. The van der Waals surface area contributed by atoms with E-state index in [0.29, 0.717) is 12.7 Å². The van der Waals surface area contributed by atoms with E-state index in [-0.39, 0.29) is 0 Å². The van der Waals surface area contributed by atoms with Crippen LogP contribution in [0.2, 0.25) is 0 Å². The van der Waals surface area contributed by atoms with Gasteiger partial charge in [0.05, 0.1) is 6.10 Å². The van der Waals surface area contributed by atoms with E-state index in [4.69, 9.17) is 11.2 Å². The Hall–Kier alpha value is -0.480. The molecule has 0 aromatic carbocycles. The third kappa shape index (κ3) is 9.11. The number of ether oxygens (including phenoxy) is 1. The molecule has 0 bridgehead atoms. The van der Waals surface area contributed by atoms with Crippen molar-refractivity contribution in [2.24, 2.45) is 5.92 Å². The topological polar surface area (TPSA) is 9.23 Å². The minimum absolute atomic E-state index is 0.397. The lowest BCUT2D eigenvalue weighted by Crippen LogP contribution is -2.17. The summed E-state index contributed by atoms with van der Waals surface area (Å²) in [6, 6.07) is 0. The van der Waals surface area contributed by atoms with Crippen LogP contribution in [-0.2, 0) is 4.74 Å². The highest BCUT2D eigenvalue weighted by Crippen LogP contribution is 2.22. The molecule has 1 nitrogen and oxygen atoms in total. The molecule has 1 saturated carbocycles. The highest BCUT2D eigenvalue weighted by atomic mass is 16.5.